The smallest absolute Gasteiger partial charge is 0.328 e. The Morgan fingerprint density at radius 3 is 2.45 bits per heavy atom. The number of hydrogen-bond acceptors (Lipinski definition) is 5. The molecule has 0 aromatic heterocycles. The van der Waals surface area contributed by atoms with Gasteiger partial charge in [-0.05, 0) is 26.0 Å². The van der Waals surface area contributed by atoms with Gasteiger partial charge in [0.1, 0.15) is 6.04 Å². The lowest BCUT2D eigenvalue weighted by Gasteiger charge is -2.12. The summed E-state index contributed by atoms with van der Waals surface area (Å²) in [6, 6.07) is 7.10. The predicted octanol–water partition coefficient (Wildman–Crippen LogP) is 0.423. The summed E-state index contributed by atoms with van der Waals surface area (Å²) in [4.78, 5) is 23.1. The normalized spacial score (nSPS) is 12.5. The van der Waals surface area contributed by atoms with Gasteiger partial charge in [0.2, 0.25) is 15.9 Å². The monoisotopic (exact) mass is 328 g/mol. The molecule has 22 heavy (non-hydrogen) atoms. The minimum absolute atomic E-state index is 0.0569. The number of nitrogens with one attached hydrogen (secondary N) is 2. The fourth-order valence-corrected chi connectivity index (χ4v) is 2.67. The highest BCUT2D eigenvalue weighted by Gasteiger charge is 2.17. The number of carbonyl (C=O) groups is 2. The van der Waals surface area contributed by atoms with Crippen LogP contribution in [0, 0.1) is 0 Å². The highest BCUT2D eigenvalue weighted by Crippen LogP contribution is 2.06. The molecule has 0 aliphatic heterocycles. The fraction of sp³-hybridized carbons (Fsp3) is 0.429. The van der Waals surface area contributed by atoms with Gasteiger partial charge in [-0.15, -0.1) is 0 Å². The second-order valence-electron chi connectivity index (χ2n) is 4.50. The minimum Gasteiger partial charge on any atom is -0.464 e. The van der Waals surface area contributed by atoms with Crippen molar-refractivity contribution in [1.82, 2.24) is 10.0 Å². The number of benzene rings is 1. The Kier molecular flexibility index (Phi) is 7.00. The molecule has 1 aromatic carbocycles. The van der Waals surface area contributed by atoms with E-state index in [0.29, 0.717) is 0 Å². The lowest BCUT2D eigenvalue weighted by atomic mass is 10.3. The Balaban J connectivity index is 2.41. The first-order valence-electron chi connectivity index (χ1n) is 6.87. The van der Waals surface area contributed by atoms with Crippen LogP contribution in [0.3, 0.4) is 0 Å². The SMILES string of the molecule is CCOC(=O)C(C)NC(=O)CCNS(=O)(=O)c1ccccc1. The Labute approximate surface area is 130 Å². The Bertz CT molecular complexity index is 601. The molecule has 7 nitrogen and oxygen atoms in total. The summed E-state index contributed by atoms with van der Waals surface area (Å²) in [6.07, 6.45) is -0.0736. The molecule has 0 heterocycles. The maximum Gasteiger partial charge on any atom is 0.328 e. The number of ether oxygens (including phenoxy) is 1. The Morgan fingerprint density at radius 1 is 1.23 bits per heavy atom. The lowest BCUT2D eigenvalue weighted by Crippen LogP contribution is -2.40. The fourth-order valence-electron chi connectivity index (χ4n) is 1.62. The van der Waals surface area contributed by atoms with Gasteiger partial charge in [0, 0.05) is 13.0 Å². The minimum atomic E-state index is -3.63. The molecule has 1 unspecified atom stereocenters. The molecule has 0 radical (unpaired) electrons. The van der Waals surface area contributed by atoms with E-state index >= 15 is 0 Å². The summed E-state index contributed by atoms with van der Waals surface area (Å²) in [7, 11) is -3.63. The maximum absolute atomic E-state index is 11.9. The molecule has 0 spiro atoms. The van der Waals surface area contributed by atoms with Crippen LogP contribution in [0.15, 0.2) is 35.2 Å². The predicted molar refractivity (Wildman–Crippen MR) is 80.5 cm³/mol. The zero-order valence-electron chi connectivity index (χ0n) is 12.5. The zero-order valence-corrected chi connectivity index (χ0v) is 13.4. The van der Waals surface area contributed by atoms with Crippen LogP contribution >= 0.6 is 0 Å². The number of hydrogen-bond donors (Lipinski definition) is 2. The zero-order chi connectivity index (χ0) is 16.6. The molecule has 1 amide bonds. The van der Waals surface area contributed by atoms with Gasteiger partial charge in [-0.3, -0.25) is 4.79 Å². The number of esters is 1. The van der Waals surface area contributed by atoms with Crippen molar-refractivity contribution in [3.63, 3.8) is 0 Å². The van der Waals surface area contributed by atoms with E-state index in [4.69, 9.17) is 4.74 Å². The van der Waals surface area contributed by atoms with Crippen molar-refractivity contribution in [3.05, 3.63) is 30.3 Å². The van der Waals surface area contributed by atoms with E-state index in [0.717, 1.165) is 0 Å². The summed E-state index contributed by atoms with van der Waals surface area (Å²) >= 11 is 0. The second kappa shape index (κ2) is 8.50. The topological polar surface area (TPSA) is 102 Å². The molecule has 8 heteroatoms. The third-order valence-corrected chi connectivity index (χ3v) is 4.19. The maximum atomic E-state index is 11.9. The van der Waals surface area contributed by atoms with Crippen LogP contribution in [0.1, 0.15) is 20.3 Å². The summed E-state index contributed by atoms with van der Waals surface area (Å²) in [5.41, 5.74) is 0. The van der Waals surface area contributed by atoms with Crippen molar-refractivity contribution in [2.24, 2.45) is 0 Å². The molecule has 0 saturated carbocycles. The van der Waals surface area contributed by atoms with Crippen LogP contribution < -0.4 is 10.0 Å². The van der Waals surface area contributed by atoms with Crippen LogP contribution in [0.2, 0.25) is 0 Å². The average Bonchev–Trinajstić information content (AvgIpc) is 2.48. The third kappa shape index (κ3) is 5.82. The number of rotatable bonds is 8. The molecule has 2 N–H and O–H groups in total. The van der Waals surface area contributed by atoms with Gasteiger partial charge in [0.05, 0.1) is 11.5 Å². The van der Waals surface area contributed by atoms with Gasteiger partial charge < -0.3 is 10.1 Å². The van der Waals surface area contributed by atoms with Crippen molar-refractivity contribution < 1.29 is 22.7 Å². The number of carbonyl (C=O) groups excluding carboxylic acids is 2. The molecule has 1 rings (SSSR count). The van der Waals surface area contributed by atoms with Crippen molar-refractivity contribution >= 4 is 21.9 Å². The highest BCUT2D eigenvalue weighted by molar-refractivity contribution is 7.89. The molecular formula is C14H20N2O5S. The summed E-state index contributed by atoms with van der Waals surface area (Å²) in [5.74, 6) is -0.961. The molecule has 0 aliphatic rings. The summed E-state index contributed by atoms with van der Waals surface area (Å²) in [6.45, 7) is 3.35. The largest absolute Gasteiger partial charge is 0.464 e. The molecule has 0 fully saturated rings. The van der Waals surface area contributed by atoms with E-state index in [1.54, 1.807) is 25.1 Å². The van der Waals surface area contributed by atoms with Crippen molar-refractivity contribution in [1.29, 1.82) is 0 Å². The van der Waals surface area contributed by atoms with Gasteiger partial charge in [-0.25, -0.2) is 17.9 Å². The molecule has 0 bridgehead atoms. The van der Waals surface area contributed by atoms with Crippen LogP contribution in [-0.4, -0.2) is 39.5 Å². The van der Waals surface area contributed by atoms with Crippen LogP contribution in [0.5, 0.6) is 0 Å². The van der Waals surface area contributed by atoms with E-state index in [2.05, 4.69) is 10.0 Å². The van der Waals surface area contributed by atoms with Crippen LogP contribution in [0.4, 0.5) is 0 Å². The molecule has 0 aliphatic carbocycles. The van der Waals surface area contributed by atoms with E-state index in [1.165, 1.54) is 19.1 Å². The number of sulfonamides is 1. The quantitative estimate of drug-likeness (QED) is 0.674. The summed E-state index contributed by atoms with van der Waals surface area (Å²) in [5, 5.41) is 2.44. The van der Waals surface area contributed by atoms with Crippen molar-refractivity contribution in [2.45, 2.75) is 31.2 Å². The molecule has 122 valence electrons. The van der Waals surface area contributed by atoms with Gasteiger partial charge >= 0.3 is 5.97 Å². The molecular weight excluding hydrogens is 308 g/mol. The Morgan fingerprint density at radius 2 is 1.86 bits per heavy atom. The van der Waals surface area contributed by atoms with Gasteiger partial charge in [-0.2, -0.15) is 0 Å². The molecule has 0 saturated heterocycles. The van der Waals surface area contributed by atoms with Crippen LogP contribution in [-0.2, 0) is 24.3 Å². The van der Waals surface area contributed by atoms with Gasteiger partial charge in [0.25, 0.3) is 0 Å². The van der Waals surface area contributed by atoms with E-state index in [1.807, 2.05) is 0 Å². The Hall–Kier alpha value is -1.93. The van der Waals surface area contributed by atoms with Crippen molar-refractivity contribution in [3.8, 4) is 0 Å². The van der Waals surface area contributed by atoms with E-state index < -0.39 is 27.9 Å². The lowest BCUT2D eigenvalue weighted by molar-refractivity contribution is -0.146. The standard InChI is InChI=1S/C14H20N2O5S/c1-3-21-14(18)11(2)16-13(17)9-10-15-22(19,20)12-7-5-4-6-8-12/h4-8,11,15H,3,9-10H2,1-2H3,(H,16,17). The van der Waals surface area contributed by atoms with E-state index in [-0.39, 0.29) is 24.5 Å². The van der Waals surface area contributed by atoms with Crippen LogP contribution in [0.25, 0.3) is 0 Å². The molecule has 1 aromatic rings. The first-order chi connectivity index (χ1) is 10.4. The first-order valence-corrected chi connectivity index (χ1v) is 8.36. The van der Waals surface area contributed by atoms with Crippen molar-refractivity contribution in [2.75, 3.05) is 13.2 Å². The highest BCUT2D eigenvalue weighted by atomic mass is 32.2. The first kappa shape index (κ1) is 18.1. The second-order valence-corrected chi connectivity index (χ2v) is 6.27. The average molecular weight is 328 g/mol. The van der Waals surface area contributed by atoms with Gasteiger partial charge in [0.15, 0.2) is 0 Å². The summed E-state index contributed by atoms with van der Waals surface area (Å²) < 4.78 is 30.9. The molecule has 1 atom stereocenters. The number of amides is 1. The van der Waals surface area contributed by atoms with E-state index in [9.17, 15) is 18.0 Å². The third-order valence-electron chi connectivity index (χ3n) is 2.72. The van der Waals surface area contributed by atoms with Gasteiger partial charge in [-0.1, -0.05) is 18.2 Å².